The molecule has 0 radical (unpaired) electrons. The third-order valence-corrected chi connectivity index (χ3v) is 3.95. The molecule has 2 heteroatoms. The van der Waals surface area contributed by atoms with E-state index in [1.165, 1.54) is 25.7 Å². The molecule has 2 nitrogen and oxygen atoms in total. The molecular weight excluding hydrogens is 186 g/mol. The van der Waals surface area contributed by atoms with Gasteiger partial charge in [0.25, 0.3) is 0 Å². The molecular formula is C13H25NO. The summed E-state index contributed by atoms with van der Waals surface area (Å²) >= 11 is 0. The van der Waals surface area contributed by atoms with Crippen LogP contribution in [0.15, 0.2) is 0 Å². The Bertz CT molecular complexity index is 189. The van der Waals surface area contributed by atoms with Crippen molar-refractivity contribution in [2.45, 2.75) is 64.7 Å². The standard InChI is InChI=1S/C13H25NO/c1-10-4-6-13(7-5-10)14-8-11(2)15-12(3)9-14/h10-13H,4-9H2,1-3H3/t10-,11-,12+,13-. The number of morpholine rings is 1. The molecule has 1 aliphatic carbocycles. The maximum atomic E-state index is 5.79. The van der Waals surface area contributed by atoms with E-state index in [9.17, 15) is 0 Å². The van der Waals surface area contributed by atoms with Crippen molar-refractivity contribution in [1.82, 2.24) is 4.90 Å². The predicted octanol–water partition coefficient (Wildman–Crippen LogP) is 2.67. The first-order valence-electron chi connectivity index (χ1n) is 6.54. The van der Waals surface area contributed by atoms with Crippen molar-refractivity contribution in [3.05, 3.63) is 0 Å². The molecule has 2 aliphatic rings. The molecule has 1 saturated heterocycles. The highest BCUT2D eigenvalue weighted by atomic mass is 16.5. The van der Waals surface area contributed by atoms with Crippen LogP contribution in [0.3, 0.4) is 0 Å². The zero-order valence-corrected chi connectivity index (χ0v) is 10.4. The van der Waals surface area contributed by atoms with Gasteiger partial charge < -0.3 is 4.74 Å². The van der Waals surface area contributed by atoms with Gasteiger partial charge in [-0.1, -0.05) is 6.92 Å². The largest absolute Gasteiger partial charge is 0.373 e. The highest BCUT2D eigenvalue weighted by Gasteiger charge is 2.29. The fourth-order valence-corrected chi connectivity index (χ4v) is 3.12. The van der Waals surface area contributed by atoms with E-state index in [-0.39, 0.29) is 0 Å². The molecule has 0 aromatic heterocycles. The van der Waals surface area contributed by atoms with E-state index in [0.717, 1.165) is 25.0 Å². The lowest BCUT2D eigenvalue weighted by Crippen LogP contribution is -2.50. The van der Waals surface area contributed by atoms with Gasteiger partial charge in [0, 0.05) is 19.1 Å². The minimum atomic E-state index is 0.424. The Hall–Kier alpha value is -0.0800. The number of nitrogens with zero attached hydrogens (tertiary/aromatic N) is 1. The lowest BCUT2D eigenvalue weighted by Gasteiger charge is -2.42. The summed E-state index contributed by atoms with van der Waals surface area (Å²) < 4.78 is 5.79. The summed E-state index contributed by atoms with van der Waals surface area (Å²) in [5, 5.41) is 0. The molecule has 1 saturated carbocycles. The van der Waals surface area contributed by atoms with Crippen LogP contribution in [0, 0.1) is 5.92 Å². The van der Waals surface area contributed by atoms with Crippen LogP contribution >= 0.6 is 0 Å². The monoisotopic (exact) mass is 211 g/mol. The lowest BCUT2D eigenvalue weighted by molar-refractivity contribution is -0.0850. The van der Waals surface area contributed by atoms with E-state index in [1.54, 1.807) is 0 Å². The van der Waals surface area contributed by atoms with E-state index in [1.807, 2.05) is 0 Å². The van der Waals surface area contributed by atoms with Crippen molar-refractivity contribution < 1.29 is 4.74 Å². The molecule has 2 rings (SSSR count). The minimum absolute atomic E-state index is 0.424. The Morgan fingerprint density at radius 1 is 0.867 bits per heavy atom. The Labute approximate surface area is 94.0 Å². The van der Waals surface area contributed by atoms with Gasteiger partial charge in [0.15, 0.2) is 0 Å². The SMILES string of the molecule is C[C@@H]1CN([C@H]2CC[C@H](C)CC2)C[C@H](C)O1. The first-order valence-corrected chi connectivity index (χ1v) is 6.54. The zero-order chi connectivity index (χ0) is 10.8. The number of hydrogen-bond acceptors (Lipinski definition) is 2. The van der Waals surface area contributed by atoms with Gasteiger partial charge in [-0.15, -0.1) is 0 Å². The van der Waals surface area contributed by atoms with Crippen LogP contribution in [-0.4, -0.2) is 36.2 Å². The highest BCUT2D eigenvalue weighted by molar-refractivity contribution is 4.83. The fraction of sp³-hybridized carbons (Fsp3) is 1.00. The highest BCUT2D eigenvalue weighted by Crippen LogP contribution is 2.28. The Kier molecular flexibility index (Phi) is 3.68. The molecule has 0 N–H and O–H groups in total. The van der Waals surface area contributed by atoms with Crippen LogP contribution in [0.2, 0.25) is 0 Å². The third-order valence-electron chi connectivity index (χ3n) is 3.95. The topological polar surface area (TPSA) is 12.5 Å². The van der Waals surface area contributed by atoms with Gasteiger partial charge in [-0.3, -0.25) is 4.90 Å². The Morgan fingerprint density at radius 2 is 1.40 bits per heavy atom. The minimum Gasteiger partial charge on any atom is -0.373 e. The summed E-state index contributed by atoms with van der Waals surface area (Å²) in [6, 6.07) is 0.843. The number of ether oxygens (including phenoxy) is 1. The van der Waals surface area contributed by atoms with Crippen LogP contribution in [0.5, 0.6) is 0 Å². The molecule has 1 heterocycles. The first kappa shape index (κ1) is 11.4. The molecule has 88 valence electrons. The second-order valence-corrected chi connectivity index (χ2v) is 5.62. The average molecular weight is 211 g/mol. The second kappa shape index (κ2) is 4.84. The van der Waals surface area contributed by atoms with Gasteiger partial charge in [0.2, 0.25) is 0 Å². The molecule has 0 spiro atoms. The van der Waals surface area contributed by atoms with E-state index in [0.29, 0.717) is 12.2 Å². The summed E-state index contributed by atoms with van der Waals surface area (Å²) in [6.07, 6.45) is 6.50. The van der Waals surface area contributed by atoms with Crippen LogP contribution in [-0.2, 0) is 4.74 Å². The van der Waals surface area contributed by atoms with Gasteiger partial charge in [-0.2, -0.15) is 0 Å². The van der Waals surface area contributed by atoms with Crippen LogP contribution in [0.1, 0.15) is 46.5 Å². The Balaban J connectivity index is 1.87. The number of rotatable bonds is 1. The van der Waals surface area contributed by atoms with Crippen LogP contribution < -0.4 is 0 Å². The summed E-state index contributed by atoms with van der Waals surface area (Å²) in [5.41, 5.74) is 0. The van der Waals surface area contributed by atoms with E-state index in [2.05, 4.69) is 25.7 Å². The Morgan fingerprint density at radius 3 is 1.93 bits per heavy atom. The second-order valence-electron chi connectivity index (χ2n) is 5.62. The van der Waals surface area contributed by atoms with Crippen molar-refractivity contribution in [3.63, 3.8) is 0 Å². The van der Waals surface area contributed by atoms with Gasteiger partial charge in [-0.25, -0.2) is 0 Å². The van der Waals surface area contributed by atoms with Crippen LogP contribution in [0.4, 0.5) is 0 Å². The molecule has 0 bridgehead atoms. The first-order chi connectivity index (χ1) is 7.15. The summed E-state index contributed by atoms with van der Waals surface area (Å²) in [7, 11) is 0. The summed E-state index contributed by atoms with van der Waals surface area (Å²) in [4.78, 5) is 2.67. The molecule has 2 atom stereocenters. The predicted molar refractivity (Wildman–Crippen MR) is 63.0 cm³/mol. The van der Waals surface area contributed by atoms with Gasteiger partial charge in [-0.05, 0) is 45.4 Å². The smallest absolute Gasteiger partial charge is 0.0678 e. The van der Waals surface area contributed by atoms with Gasteiger partial charge >= 0.3 is 0 Å². The molecule has 0 aromatic carbocycles. The van der Waals surface area contributed by atoms with Crippen molar-refractivity contribution in [2.24, 2.45) is 5.92 Å². The summed E-state index contributed by atoms with van der Waals surface area (Å²) in [6.45, 7) is 9.08. The number of hydrogen-bond donors (Lipinski definition) is 0. The van der Waals surface area contributed by atoms with Crippen molar-refractivity contribution in [3.8, 4) is 0 Å². The van der Waals surface area contributed by atoms with E-state index in [4.69, 9.17) is 4.74 Å². The van der Waals surface area contributed by atoms with Gasteiger partial charge in [0.1, 0.15) is 0 Å². The maximum absolute atomic E-state index is 5.79. The fourth-order valence-electron chi connectivity index (χ4n) is 3.12. The van der Waals surface area contributed by atoms with E-state index >= 15 is 0 Å². The van der Waals surface area contributed by atoms with Crippen molar-refractivity contribution >= 4 is 0 Å². The normalized spacial score (nSPS) is 44.2. The third kappa shape index (κ3) is 2.94. The lowest BCUT2D eigenvalue weighted by atomic mass is 9.86. The molecule has 0 unspecified atom stereocenters. The summed E-state index contributed by atoms with van der Waals surface area (Å²) in [5.74, 6) is 0.956. The average Bonchev–Trinajstić information content (AvgIpc) is 2.17. The van der Waals surface area contributed by atoms with Crippen molar-refractivity contribution in [1.29, 1.82) is 0 Å². The quantitative estimate of drug-likeness (QED) is 0.661. The molecule has 0 aromatic rings. The van der Waals surface area contributed by atoms with Crippen LogP contribution in [0.25, 0.3) is 0 Å². The van der Waals surface area contributed by atoms with E-state index < -0.39 is 0 Å². The maximum Gasteiger partial charge on any atom is 0.0678 e. The molecule has 1 aliphatic heterocycles. The molecule has 0 amide bonds. The molecule has 15 heavy (non-hydrogen) atoms. The molecule has 2 fully saturated rings. The zero-order valence-electron chi connectivity index (χ0n) is 10.4. The van der Waals surface area contributed by atoms with Crippen molar-refractivity contribution in [2.75, 3.05) is 13.1 Å². The van der Waals surface area contributed by atoms with Gasteiger partial charge in [0.05, 0.1) is 12.2 Å².